The SMILES string of the molecule is Cc1nn(C)cc1C(O)c1cc(Br)ccc1F. The summed E-state index contributed by atoms with van der Waals surface area (Å²) < 4.78 is 16.0. The molecule has 90 valence electrons. The number of hydrogen-bond acceptors (Lipinski definition) is 2. The number of aliphatic hydroxyl groups excluding tert-OH is 1. The number of nitrogens with zero attached hydrogens (tertiary/aromatic N) is 2. The van der Waals surface area contributed by atoms with Crippen LogP contribution in [0.1, 0.15) is 22.9 Å². The molecule has 1 atom stereocenters. The topological polar surface area (TPSA) is 38.0 Å². The van der Waals surface area contributed by atoms with Crippen LogP contribution in [-0.2, 0) is 7.05 Å². The van der Waals surface area contributed by atoms with Crippen LogP contribution in [0.3, 0.4) is 0 Å². The molecule has 1 aromatic heterocycles. The Morgan fingerprint density at radius 2 is 2.12 bits per heavy atom. The average molecular weight is 299 g/mol. The highest BCUT2D eigenvalue weighted by molar-refractivity contribution is 9.10. The number of benzene rings is 1. The van der Waals surface area contributed by atoms with E-state index in [0.717, 1.165) is 4.47 Å². The molecular formula is C12H12BrFN2O. The van der Waals surface area contributed by atoms with Gasteiger partial charge in [-0.05, 0) is 25.1 Å². The smallest absolute Gasteiger partial charge is 0.129 e. The van der Waals surface area contributed by atoms with Gasteiger partial charge in [0.15, 0.2) is 0 Å². The third-order valence-electron chi connectivity index (χ3n) is 2.60. The normalized spacial score (nSPS) is 12.8. The molecule has 1 aromatic carbocycles. The fraction of sp³-hybridized carbons (Fsp3) is 0.250. The maximum atomic E-state index is 13.6. The molecule has 0 amide bonds. The van der Waals surface area contributed by atoms with Crippen LogP contribution in [0.25, 0.3) is 0 Å². The van der Waals surface area contributed by atoms with Crippen LogP contribution in [0.4, 0.5) is 4.39 Å². The van der Waals surface area contributed by atoms with Crippen molar-refractivity contribution >= 4 is 15.9 Å². The fourth-order valence-electron chi connectivity index (χ4n) is 1.78. The minimum Gasteiger partial charge on any atom is -0.383 e. The molecule has 0 fully saturated rings. The minimum absolute atomic E-state index is 0.246. The number of aliphatic hydroxyl groups is 1. The predicted molar refractivity (Wildman–Crippen MR) is 66.1 cm³/mol. The summed E-state index contributed by atoms with van der Waals surface area (Å²) in [5.74, 6) is -0.427. The first kappa shape index (κ1) is 12.3. The molecule has 0 aliphatic rings. The fourth-order valence-corrected chi connectivity index (χ4v) is 2.16. The van der Waals surface area contributed by atoms with Crippen LogP contribution in [0.5, 0.6) is 0 Å². The molecule has 3 nitrogen and oxygen atoms in total. The van der Waals surface area contributed by atoms with E-state index in [1.54, 1.807) is 37.0 Å². The lowest BCUT2D eigenvalue weighted by Gasteiger charge is -2.11. The molecule has 2 rings (SSSR count). The van der Waals surface area contributed by atoms with Gasteiger partial charge in [-0.1, -0.05) is 15.9 Å². The zero-order chi connectivity index (χ0) is 12.6. The van der Waals surface area contributed by atoms with Gasteiger partial charge >= 0.3 is 0 Å². The van der Waals surface area contributed by atoms with E-state index >= 15 is 0 Å². The summed E-state index contributed by atoms with van der Waals surface area (Å²) in [4.78, 5) is 0. The number of halogens is 2. The summed E-state index contributed by atoms with van der Waals surface area (Å²) in [6, 6.07) is 4.50. The highest BCUT2D eigenvalue weighted by Crippen LogP contribution is 2.28. The van der Waals surface area contributed by atoms with Crippen LogP contribution < -0.4 is 0 Å². The van der Waals surface area contributed by atoms with Crippen molar-refractivity contribution in [1.82, 2.24) is 9.78 Å². The van der Waals surface area contributed by atoms with E-state index in [9.17, 15) is 9.50 Å². The summed E-state index contributed by atoms with van der Waals surface area (Å²) in [6.45, 7) is 1.79. The van der Waals surface area contributed by atoms with Crippen molar-refractivity contribution < 1.29 is 9.50 Å². The first-order valence-corrected chi connectivity index (χ1v) is 5.91. The first-order chi connectivity index (χ1) is 7.99. The van der Waals surface area contributed by atoms with Gasteiger partial charge in [0.05, 0.1) is 5.69 Å². The summed E-state index contributed by atoms with van der Waals surface area (Å²) in [5.41, 5.74) is 1.55. The highest BCUT2D eigenvalue weighted by Gasteiger charge is 2.19. The van der Waals surface area contributed by atoms with Crippen molar-refractivity contribution in [1.29, 1.82) is 0 Å². The number of rotatable bonds is 2. The molecule has 0 saturated heterocycles. The van der Waals surface area contributed by atoms with Crippen LogP contribution in [0.2, 0.25) is 0 Å². The van der Waals surface area contributed by atoms with Gasteiger partial charge in [-0.15, -0.1) is 0 Å². The maximum absolute atomic E-state index is 13.6. The van der Waals surface area contributed by atoms with Crippen LogP contribution >= 0.6 is 15.9 Å². The van der Waals surface area contributed by atoms with E-state index < -0.39 is 11.9 Å². The van der Waals surface area contributed by atoms with Gasteiger partial charge in [0.2, 0.25) is 0 Å². The van der Waals surface area contributed by atoms with Crippen LogP contribution in [-0.4, -0.2) is 14.9 Å². The van der Waals surface area contributed by atoms with E-state index in [4.69, 9.17) is 0 Å². The van der Waals surface area contributed by atoms with E-state index in [-0.39, 0.29) is 5.56 Å². The van der Waals surface area contributed by atoms with Crippen molar-refractivity contribution in [2.24, 2.45) is 7.05 Å². The maximum Gasteiger partial charge on any atom is 0.129 e. The molecule has 1 heterocycles. The quantitative estimate of drug-likeness (QED) is 0.926. The van der Waals surface area contributed by atoms with Crippen LogP contribution in [0.15, 0.2) is 28.9 Å². The summed E-state index contributed by atoms with van der Waals surface area (Å²) in [5, 5.41) is 14.3. The van der Waals surface area contributed by atoms with E-state index in [1.165, 1.54) is 6.07 Å². The Hall–Kier alpha value is -1.20. The zero-order valence-corrected chi connectivity index (χ0v) is 11.1. The lowest BCUT2D eigenvalue weighted by atomic mass is 10.0. The second-order valence-electron chi connectivity index (χ2n) is 3.91. The summed E-state index contributed by atoms with van der Waals surface area (Å²) in [6.07, 6.45) is 0.696. The molecule has 2 aromatic rings. The van der Waals surface area contributed by atoms with Gasteiger partial charge in [0.1, 0.15) is 11.9 Å². The van der Waals surface area contributed by atoms with E-state index in [0.29, 0.717) is 11.3 Å². The average Bonchev–Trinajstić information content (AvgIpc) is 2.60. The van der Waals surface area contributed by atoms with Gasteiger partial charge < -0.3 is 5.11 Å². The Balaban J connectivity index is 2.46. The lowest BCUT2D eigenvalue weighted by molar-refractivity contribution is 0.214. The Kier molecular flexibility index (Phi) is 3.31. The number of aromatic nitrogens is 2. The molecular weight excluding hydrogens is 287 g/mol. The van der Waals surface area contributed by atoms with Crippen molar-refractivity contribution in [3.8, 4) is 0 Å². The summed E-state index contributed by atoms with van der Waals surface area (Å²) >= 11 is 3.26. The molecule has 0 aliphatic carbocycles. The Bertz CT molecular complexity index is 553. The molecule has 1 unspecified atom stereocenters. The molecule has 5 heteroatoms. The van der Waals surface area contributed by atoms with Gasteiger partial charge in [-0.3, -0.25) is 4.68 Å². The number of aryl methyl sites for hydroxylation is 2. The first-order valence-electron chi connectivity index (χ1n) is 5.12. The second kappa shape index (κ2) is 4.58. The monoisotopic (exact) mass is 298 g/mol. The van der Waals surface area contributed by atoms with Gasteiger partial charge in [0, 0.05) is 28.8 Å². The molecule has 0 aliphatic heterocycles. The third kappa shape index (κ3) is 2.40. The zero-order valence-electron chi connectivity index (χ0n) is 9.48. The molecule has 17 heavy (non-hydrogen) atoms. The largest absolute Gasteiger partial charge is 0.383 e. The van der Waals surface area contributed by atoms with E-state index in [1.807, 2.05) is 0 Å². The van der Waals surface area contributed by atoms with Crippen molar-refractivity contribution in [2.75, 3.05) is 0 Å². The second-order valence-corrected chi connectivity index (χ2v) is 4.83. The van der Waals surface area contributed by atoms with Gasteiger partial charge in [-0.25, -0.2) is 4.39 Å². The molecule has 0 bridgehead atoms. The minimum atomic E-state index is -0.999. The number of hydrogen-bond donors (Lipinski definition) is 1. The molecule has 0 spiro atoms. The highest BCUT2D eigenvalue weighted by atomic mass is 79.9. The molecule has 1 N–H and O–H groups in total. The predicted octanol–water partition coefficient (Wildman–Crippen LogP) is 2.71. The molecule has 0 saturated carbocycles. The van der Waals surface area contributed by atoms with Gasteiger partial charge in [0.25, 0.3) is 0 Å². The Morgan fingerprint density at radius 1 is 1.41 bits per heavy atom. The Morgan fingerprint density at radius 3 is 2.71 bits per heavy atom. The lowest BCUT2D eigenvalue weighted by Crippen LogP contribution is -2.03. The standard InChI is InChI=1S/C12H12BrFN2O/c1-7-10(6-16(2)15-7)12(17)9-5-8(13)3-4-11(9)14/h3-6,12,17H,1-2H3. The van der Waals surface area contributed by atoms with Crippen molar-refractivity contribution in [3.05, 3.63) is 51.5 Å². The summed E-state index contributed by atoms with van der Waals surface area (Å²) in [7, 11) is 1.76. The van der Waals surface area contributed by atoms with Crippen molar-refractivity contribution in [3.63, 3.8) is 0 Å². The Labute approximate surface area is 107 Å². The molecule has 0 radical (unpaired) electrons. The van der Waals surface area contributed by atoms with Gasteiger partial charge in [-0.2, -0.15) is 5.10 Å². The van der Waals surface area contributed by atoms with Crippen LogP contribution in [0, 0.1) is 12.7 Å². The van der Waals surface area contributed by atoms with Crippen molar-refractivity contribution in [2.45, 2.75) is 13.0 Å². The van der Waals surface area contributed by atoms with E-state index in [2.05, 4.69) is 21.0 Å². The third-order valence-corrected chi connectivity index (χ3v) is 3.09.